The number of aliphatic carboxylic acids is 1. The molecule has 0 aromatic carbocycles. The van der Waals surface area contributed by atoms with Crippen LogP contribution in [0, 0.1) is 5.41 Å². The van der Waals surface area contributed by atoms with E-state index in [1.807, 2.05) is 18.7 Å². The van der Waals surface area contributed by atoms with Gasteiger partial charge in [-0.25, -0.2) is 4.98 Å². The number of hydrogen-bond donors (Lipinski definition) is 1. The first-order chi connectivity index (χ1) is 9.54. The number of rotatable bonds is 5. The molecule has 1 saturated heterocycles. The molecule has 0 amide bonds. The van der Waals surface area contributed by atoms with Gasteiger partial charge >= 0.3 is 5.97 Å². The number of carbonyl (C=O) groups is 1. The number of nitrogens with zero attached hydrogens (tertiary/aromatic N) is 3. The second-order valence-electron chi connectivity index (χ2n) is 5.35. The smallest absolute Gasteiger partial charge is 0.311 e. The lowest BCUT2D eigenvalue weighted by Crippen LogP contribution is -2.37. The van der Waals surface area contributed by atoms with Crippen LogP contribution in [0.4, 0.5) is 5.82 Å². The fourth-order valence-electron chi connectivity index (χ4n) is 2.92. The molecule has 6 nitrogen and oxygen atoms in total. The molecule has 1 N–H and O–H groups in total. The van der Waals surface area contributed by atoms with E-state index in [-0.39, 0.29) is 5.56 Å². The van der Waals surface area contributed by atoms with E-state index in [2.05, 4.69) is 4.98 Å². The van der Waals surface area contributed by atoms with E-state index in [9.17, 15) is 14.7 Å². The molecule has 1 aliphatic heterocycles. The lowest BCUT2D eigenvalue weighted by Gasteiger charge is -2.24. The highest BCUT2D eigenvalue weighted by Gasteiger charge is 2.44. The largest absolute Gasteiger partial charge is 0.481 e. The van der Waals surface area contributed by atoms with Gasteiger partial charge in [0.2, 0.25) is 0 Å². The van der Waals surface area contributed by atoms with Gasteiger partial charge in [0, 0.05) is 32.0 Å². The predicted molar refractivity (Wildman–Crippen MR) is 76.0 cm³/mol. The van der Waals surface area contributed by atoms with E-state index in [4.69, 9.17) is 0 Å². The van der Waals surface area contributed by atoms with Crippen molar-refractivity contribution in [1.82, 2.24) is 9.55 Å². The zero-order valence-corrected chi connectivity index (χ0v) is 12.0. The molecule has 1 aromatic heterocycles. The molecule has 20 heavy (non-hydrogen) atoms. The maximum absolute atomic E-state index is 12.2. The van der Waals surface area contributed by atoms with E-state index in [1.165, 1.54) is 0 Å². The van der Waals surface area contributed by atoms with Gasteiger partial charge in [-0.1, -0.05) is 13.3 Å². The summed E-state index contributed by atoms with van der Waals surface area (Å²) in [6, 6.07) is 0. The summed E-state index contributed by atoms with van der Waals surface area (Å²) in [6.45, 7) is 5.40. The van der Waals surface area contributed by atoms with Crippen molar-refractivity contribution in [2.75, 3.05) is 18.0 Å². The fourth-order valence-corrected chi connectivity index (χ4v) is 2.92. The van der Waals surface area contributed by atoms with Crippen LogP contribution in [0.5, 0.6) is 0 Å². The molecule has 1 aromatic rings. The van der Waals surface area contributed by atoms with E-state index in [0.717, 1.165) is 6.42 Å². The van der Waals surface area contributed by atoms with Crippen molar-refractivity contribution < 1.29 is 9.90 Å². The molecule has 1 unspecified atom stereocenters. The molecule has 0 spiro atoms. The van der Waals surface area contributed by atoms with Gasteiger partial charge in [0.25, 0.3) is 5.56 Å². The molecular weight excluding hydrogens is 258 g/mol. The Balaban J connectivity index is 2.29. The minimum atomic E-state index is -0.770. The Bertz CT molecular complexity index is 555. The SMILES string of the molecule is CCCC1(C(=O)O)CCN(c2nccn(CC)c2=O)C1. The Hall–Kier alpha value is -1.85. The number of aryl methyl sites for hydroxylation is 1. The molecule has 0 radical (unpaired) electrons. The first kappa shape index (κ1) is 14.6. The summed E-state index contributed by atoms with van der Waals surface area (Å²) >= 11 is 0. The maximum atomic E-state index is 12.2. The third-order valence-corrected chi connectivity index (χ3v) is 4.07. The van der Waals surface area contributed by atoms with Crippen LogP contribution in [0.1, 0.15) is 33.1 Å². The molecule has 2 rings (SSSR count). The van der Waals surface area contributed by atoms with E-state index in [0.29, 0.717) is 38.3 Å². The summed E-state index contributed by atoms with van der Waals surface area (Å²) in [6.07, 6.45) is 5.27. The third kappa shape index (κ3) is 2.42. The normalized spacial score (nSPS) is 22.2. The number of anilines is 1. The van der Waals surface area contributed by atoms with Crippen LogP contribution in [0.25, 0.3) is 0 Å². The summed E-state index contributed by atoms with van der Waals surface area (Å²) in [5.74, 6) is -0.401. The van der Waals surface area contributed by atoms with Gasteiger partial charge < -0.3 is 14.6 Å². The van der Waals surface area contributed by atoms with Gasteiger partial charge in [0.05, 0.1) is 5.41 Å². The highest BCUT2D eigenvalue weighted by Crippen LogP contribution is 2.36. The summed E-state index contributed by atoms with van der Waals surface area (Å²) in [5, 5.41) is 9.50. The average molecular weight is 279 g/mol. The number of carboxylic acid groups (broad SMARTS) is 1. The van der Waals surface area contributed by atoms with Gasteiger partial charge in [-0.05, 0) is 19.8 Å². The van der Waals surface area contributed by atoms with E-state index >= 15 is 0 Å². The summed E-state index contributed by atoms with van der Waals surface area (Å²) in [4.78, 5) is 29.8. The van der Waals surface area contributed by atoms with E-state index < -0.39 is 11.4 Å². The predicted octanol–water partition coefficient (Wildman–Crippen LogP) is 1.34. The molecule has 2 heterocycles. The van der Waals surface area contributed by atoms with Crippen LogP contribution < -0.4 is 10.5 Å². The van der Waals surface area contributed by atoms with Crippen molar-refractivity contribution in [2.24, 2.45) is 5.41 Å². The fraction of sp³-hybridized carbons (Fsp3) is 0.643. The Morgan fingerprint density at radius 2 is 2.25 bits per heavy atom. The topological polar surface area (TPSA) is 75.4 Å². The molecule has 0 bridgehead atoms. The lowest BCUT2D eigenvalue weighted by atomic mass is 9.83. The standard InChI is InChI=1S/C14H21N3O3/c1-3-5-14(13(19)20)6-8-17(10-14)11-12(18)16(4-2)9-7-15-11/h7,9H,3-6,8,10H2,1-2H3,(H,19,20). The Kier molecular flexibility index (Phi) is 4.11. The first-order valence-corrected chi connectivity index (χ1v) is 7.08. The molecule has 6 heteroatoms. The van der Waals surface area contributed by atoms with Gasteiger partial charge in [0.15, 0.2) is 5.82 Å². The number of carboxylic acids is 1. The Morgan fingerprint density at radius 1 is 1.50 bits per heavy atom. The van der Waals surface area contributed by atoms with Gasteiger partial charge in [-0.3, -0.25) is 9.59 Å². The van der Waals surface area contributed by atoms with Gasteiger partial charge in [-0.2, -0.15) is 0 Å². The number of hydrogen-bond acceptors (Lipinski definition) is 4. The lowest BCUT2D eigenvalue weighted by molar-refractivity contribution is -0.148. The van der Waals surface area contributed by atoms with Crippen LogP contribution in [-0.2, 0) is 11.3 Å². The molecule has 0 saturated carbocycles. The summed E-state index contributed by atoms with van der Waals surface area (Å²) in [7, 11) is 0. The minimum Gasteiger partial charge on any atom is -0.481 e. The molecule has 1 fully saturated rings. The van der Waals surface area contributed by atoms with E-state index in [1.54, 1.807) is 17.0 Å². The van der Waals surface area contributed by atoms with Gasteiger partial charge in [0.1, 0.15) is 0 Å². The zero-order chi connectivity index (χ0) is 14.8. The van der Waals surface area contributed by atoms with Gasteiger partial charge in [-0.15, -0.1) is 0 Å². The summed E-state index contributed by atoms with van der Waals surface area (Å²) in [5.41, 5.74) is -0.886. The first-order valence-electron chi connectivity index (χ1n) is 7.08. The molecule has 110 valence electrons. The highest BCUT2D eigenvalue weighted by atomic mass is 16.4. The summed E-state index contributed by atoms with van der Waals surface area (Å²) < 4.78 is 1.59. The second-order valence-corrected chi connectivity index (χ2v) is 5.35. The Morgan fingerprint density at radius 3 is 2.85 bits per heavy atom. The van der Waals surface area contributed by atoms with Crippen LogP contribution >= 0.6 is 0 Å². The molecular formula is C14H21N3O3. The van der Waals surface area contributed by atoms with Crippen molar-refractivity contribution in [3.63, 3.8) is 0 Å². The molecule has 0 aliphatic carbocycles. The van der Waals surface area contributed by atoms with Crippen molar-refractivity contribution in [1.29, 1.82) is 0 Å². The second kappa shape index (κ2) is 5.64. The van der Waals surface area contributed by atoms with Crippen LogP contribution in [0.15, 0.2) is 17.2 Å². The third-order valence-electron chi connectivity index (χ3n) is 4.07. The van der Waals surface area contributed by atoms with Crippen LogP contribution in [-0.4, -0.2) is 33.7 Å². The molecule has 1 atom stereocenters. The average Bonchev–Trinajstić information content (AvgIpc) is 2.85. The highest BCUT2D eigenvalue weighted by molar-refractivity contribution is 5.76. The Labute approximate surface area is 118 Å². The number of aromatic nitrogens is 2. The van der Waals surface area contributed by atoms with Crippen LogP contribution in [0.3, 0.4) is 0 Å². The van der Waals surface area contributed by atoms with Crippen molar-refractivity contribution in [2.45, 2.75) is 39.7 Å². The monoisotopic (exact) mass is 279 g/mol. The maximum Gasteiger partial charge on any atom is 0.311 e. The van der Waals surface area contributed by atoms with Crippen molar-refractivity contribution in [3.05, 3.63) is 22.7 Å². The minimum absolute atomic E-state index is 0.146. The van der Waals surface area contributed by atoms with Crippen molar-refractivity contribution in [3.8, 4) is 0 Å². The molecule has 1 aliphatic rings. The zero-order valence-electron chi connectivity index (χ0n) is 12.0. The van der Waals surface area contributed by atoms with Crippen molar-refractivity contribution >= 4 is 11.8 Å². The van der Waals surface area contributed by atoms with Crippen LogP contribution in [0.2, 0.25) is 0 Å². The quantitative estimate of drug-likeness (QED) is 0.880.